The van der Waals surface area contributed by atoms with Crippen LogP contribution in [0.2, 0.25) is 0 Å². The van der Waals surface area contributed by atoms with Crippen LogP contribution in [0, 0.1) is 0 Å². The van der Waals surface area contributed by atoms with Crippen LogP contribution in [-0.4, -0.2) is 14.5 Å². The van der Waals surface area contributed by atoms with Gasteiger partial charge in [0.05, 0.1) is 16.6 Å². The van der Waals surface area contributed by atoms with Gasteiger partial charge in [-0.2, -0.15) is 13.2 Å². The molecule has 0 unspecified atom stereocenters. The number of nitrogens with zero attached hydrogens (tertiary/aromatic N) is 3. The molecule has 0 bridgehead atoms. The summed E-state index contributed by atoms with van der Waals surface area (Å²) < 4.78 is 46.3. The second kappa shape index (κ2) is 6.88. The average Bonchev–Trinajstić information content (AvgIpc) is 2.97. The van der Waals surface area contributed by atoms with E-state index in [1.165, 1.54) is 6.07 Å². The minimum absolute atomic E-state index is 0.307. The van der Waals surface area contributed by atoms with Crippen molar-refractivity contribution in [3.05, 3.63) is 72.6 Å². The summed E-state index contributed by atoms with van der Waals surface area (Å²) in [7, 11) is 1.79. The minimum atomic E-state index is -4.40. The first kappa shape index (κ1) is 17.8. The number of alkyl halides is 3. The van der Waals surface area contributed by atoms with E-state index in [0.29, 0.717) is 28.7 Å². The van der Waals surface area contributed by atoms with E-state index in [9.17, 15) is 13.2 Å². The molecule has 28 heavy (non-hydrogen) atoms. The summed E-state index contributed by atoms with van der Waals surface area (Å²) in [6.07, 6.45) is -1.14. The van der Waals surface area contributed by atoms with Crippen LogP contribution in [0.3, 0.4) is 0 Å². The van der Waals surface area contributed by atoms with Crippen molar-refractivity contribution in [1.29, 1.82) is 0 Å². The Balaban J connectivity index is 1.63. The lowest BCUT2D eigenvalue weighted by atomic mass is 10.2. The van der Waals surface area contributed by atoms with Crippen molar-refractivity contribution in [1.82, 2.24) is 14.5 Å². The number of rotatable bonds is 4. The first-order valence-electron chi connectivity index (χ1n) is 8.39. The van der Waals surface area contributed by atoms with Crippen molar-refractivity contribution in [2.75, 3.05) is 5.32 Å². The van der Waals surface area contributed by atoms with Gasteiger partial charge in [0.15, 0.2) is 0 Å². The molecule has 5 nitrogen and oxygen atoms in total. The number of aryl methyl sites for hydroxylation is 1. The Hall–Kier alpha value is -3.55. The number of halogens is 3. The molecular weight excluding hydrogens is 369 g/mol. The van der Waals surface area contributed by atoms with Crippen LogP contribution < -0.4 is 10.1 Å². The minimum Gasteiger partial charge on any atom is -0.457 e. The summed E-state index contributed by atoms with van der Waals surface area (Å²) in [5.74, 6) is 1.67. The summed E-state index contributed by atoms with van der Waals surface area (Å²) >= 11 is 0. The Bertz CT molecular complexity index is 1120. The highest BCUT2D eigenvalue weighted by molar-refractivity contribution is 5.81. The van der Waals surface area contributed by atoms with Gasteiger partial charge >= 0.3 is 6.18 Å². The van der Waals surface area contributed by atoms with Crippen LogP contribution in [-0.2, 0) is 13.2 Å². The van der Waals surface area contributed by atoms with Crippen molar-refractivity contribution in [3.63, 3.8) is 0 Å². The fourth-order valence-corrected chi connectivity index (χ4v) is 2.80. The summed E-state index contributed by atoms with van der Waals surface area (Å²) in [4.78, 5) is 8.42. The van der Waals surface area contributed by atoms with Gasteiger partial charge in [-0.05, 0) is 42.5 Å². The lowest BCUT2D eigenvalue weighted by Crippen LogP contribution is -2.06. The highest BCUT2D eigenvalue weighted by Gasteiger charge is 2.30. The van der Waals surface area contributed by atoms with E-state index in [-0.39, 0.29) is 0 Å². The molecule has 0 aliphatic heterocycles. The van der Waals surface area contributed by atoms with Crippen molar-refractivity contribution in [2.45, 2.75) is 6.18 Å². The first-order chi connectivity index (χ1) is 13.4. The van der Waals surface area contributed by atoms with E-state index in [4.69, 9.17) is 4.74 Å². The van der Waals surface area contributed by atoms with E-state index < -0.39 is 11.7 Å². The van der Waals surface area contributed by atoms with E-state index >= 15 is 0 Å². The second-order valence-corrected chi connectivity index (χ2v) is 6.13. The maximum atomic E-state index is 12.9. The molecule has 0 saturated heterocycles. The molecule has 1 N–H and O–H groups in total. The van der Waals surface area contributed by atoms with E-state index in [2.05, 4.69) is 15.3 Å². The van der Waals surface area contributed by atoms with Gasteiger partial charge in [-0.3, -0.25) is 4.98 Å². The molecule has 142 valence electrons. The molecule has 0 aliphatic carbocycles. The molecule has 0 saturated carbocycles. The average molecular weight is 384 g/mol. The van der Waals surface area contributed by atoms with E-state index in [0.717, 1.165) is 17.6 Å². The predicted octanol–water partition coefficient (Wildman–Crippen LogP) is 5.52. The fourth-order valence-electron chi connectivity index (χ4n) is 2.80. The Kier molecular flexibility index (Phi) is 4.38. The highest BCUT2D eigenvalue weighted by atomic mass is 19.4. The number of aromatic nitrogens is 3. The van der Waals surface area contributed by atoms with Gasteiger partial charge in [0.1, 0.15) is 11.5 Å². The zero-order valence-corrected chi connectivity index (χ0v) is 14.7. The van der Waals surface area contributed by atoms with Gasteiger partial charge in [-0.15, -0.1) is 0 Å². The third-order valence-electron chi connectivity index (χ3n) is 4.18. The number of hydrogen-bond acceptors (Lipinski definition) is 4. The predicted molar refractivity (Wildman–Crippen MR) is 99.8 cm³/mol. The molecule has 2 aromatic carbocycles. The number of ether oxygens (including phenoxy) is 1. The molecule has 8 heteroatoms. The summed E-state index contributed by atoms with van der Waals surface area (Å²) in [5, 5.41) is 2.95. The zero-order valence-electron chi connectivity index (χ0n) is 14.7. The second-order valence-electron chi connectivity index (χ2n) is 6.13. The largest absolute Gasteiger partial charge is 0.457 e. The number of nitrogens with one attached hydrogen (secondary N) is 1. The molecule has 0 spiro atoms. The normalized spacial score (nSPS) is 11.6. The Morgan fingerprint density at radius 1 is 0.964 bits per heavy atom. The number of anilines is 2. The maximum absolute atomic E-state index is 12.9. The number of benzene rings is 2. The third kappa shape index (κ3) is 3.62. The van der Waals surface area contributed by atoms with Gasteiger partial charge < -0.3 is 14.6 Å². The molecule has 0 atom stereocenters. The monoisotopic (exact) mass is 384 g/mol. The van der Waals surface area contributed by atoms with Crippen molar-refractivity contribution in [2.24, 2.45) is 7.05 Å². The van der Waals surface area contributed by atoms with Gasteiger partial charge in [0.2, 0.25) is 5.95 Å². The quantitative estimate of drug-likeness (QED) is 0.503. The highest BCUT2D eigenvalue weighted by Crippen LogP contribution is 2.32. The SMILES string of the molecule is Cn1c(Nc2cccc(C(F)(F)F)c2)nc2cc(Oc3ccncc3)ccc21. The maximum Gasteiger partial charge on any atom is 0.416 e. The molecule has 0 amide bonds. The number of pyridine rings is 1. The third-order valence-corrected chi connectivity index (χ3v) is 4.18. The van der Waals surface area contributed by atoms with Crippen LogP contribution in [0.25, 0.3) is 11.0 Å². The molecule has 0 radical (unpaired) electrons. The van der Waals surface area contributed by atoms with Crippen LogP contribution in [0.1, 0.15) is 5.56 Å². The Labute approximate surface area is 158 Å². The van der Waals surface area contributed by atoms with Crippen LogP contribution in [0.4, 0.5) is 24.8 Å². The van der Waals surface area contributed by atoms with E-state index in [1.54, 1.807) is 54.3 Å². The fraction of sp³-hybridized carbons (Fsp3) is 0.100. The molecular formula is C20H15F3N4O. The van der Waals surface area contributed by atoms with Gasteiger partial charge in [0, 0.05) is 31.2 Å². The van der Waals surface area contributed by atoms with Crippen molar-refractivity contribution in [3.8, 4) is 11.5 Å². The standard InChI is InChI=1S/C20H15F3N4O/c1-27-18-6-5-16(28-15-7-9-24-10-8-15)12-17(18)26-19(27)25-14-4-2-3-13(11-14)20(21,22)23/h2-12H,1H3,(H,25,26). The lowest BCUT2D eigenvalue weighted by molar-refractivity contribution is -0.137. The summed E-state index contributed by atoms with van der Waals surface area (Å²) in [5.41, 5.74) is 1.06. The van der Waals surface area contributed by atoms with Crippen LogP contribution in [0.15, 0.2) is 67.0 Å². The molecule has 0 aliphatic rings. The van der Waals surface area contributed by atoms with Crippen molar-refractivity contribution >= 4 is 22.7 Å². The molecule has 4 rings (SSSR count). The lowest BCUT2D eigenvalue weighted by Gasteiger charge is -2.10. The zero-order chi connectivity index (χ0) is 19.7. The molecule has 2 heterocycles. The number of fused-ring (bicyclic) bond motifs is 1. The Morgan fingerprint density at radius 2 is 1.75 bits per heavy atom. The number of hydrogen-bond donors (Lipinski definition) is 1. The van der Waals surface area contributed by atoms with Gasteiger partial charge in [-0.1, -0.05) is 6.07 Å². The van der Waals surface area contributed by atoms with Crippen LogP contribution in [0.5, 0.6) is 11.5 Å². The smallest absolute Gasteiger partial charge is 0.416 e. The Morgan fingerprint density at radius 3 is 2.50 bits per heavy atom. The molecule has 4 aromatic rings. The van der Waals surface area contributed by atoms with Crippen LogP contribution >= 0.6 is 0 Å². The first-order valence-corrected chi connectivity index (χ1v) is 8.39. The van der Waals surface area contributed by atoms with Gasteiger partial charge in [0.25, 0.3) is 0 Å². The molecule has 2 aromatic heterocycles. The van der Waals surface area contributed by atoms with Gasteiger partial charge in [-0.25, -0.2) is 4.98 Å². The van der Waals surface area contributed by atoms with E-state index in [1.807, 2.05) is 6.07 Å². The topological polar surface area (TPSA) is 52.0 Å². The summed E-state index contributed by atoms with van der Waals surface area (Å²) in [6.45, 7) is 0. The van der Waals surface area contributed by atoms with Crippen molar-refractivity contribution < 1.29 is 17.9 Å². The number of imidazole rings is 1. The molecule has 0 fully saturated rings. The summed E-state index contributed by atoms with van der Waals surface area (Å²) in [6, 6.07) is 13.9.